The number of nitrogens with two attached hydrogens (primary N) is 1. The van der Waals surface area contributed by atoms with E-state index in [9.17, 15) is 28.5 Å². The number of sulfone groups is 1. The molecule has 13 aliphatic heterocycles. The van der Waals surface area contributed by atoms with Gasteiger partial charge in [-0.15, -0.1) is 0 Å². The van der Waals surface area contributed by atoms with Crippen molar-refractivity contribution in [3.8, 4) is 0 Å². The number of aliphatic hydroxyl groups excluding tert-OH is 4. The summed E-state index contributed by atoms with van der Waals surface area (Å²) in [6.45, 7) is 26.3. The Hall–Kier alpha value is -2.84. The van der Waals surface area contributed by atoms with E-state index in [0.717, 1.165) is 112 Å². The largest absolute Gasteiger partial charge is 0.396 e. The zero-order valence-corrected chi connectivity index (χ0v) is 57.8. The first-order valence-corrected chi connectivity index (χ1v) is 38.3. The average Bonchev–Trinajstić information content (AvgIpc) is 1.55. The number of carbonyl (C=O) groups is 1. The van der Waals surface area contributed by atoms with Crippen molar-refractivity contribution in [2.75, 3.05) is 32.1 Å². The van der Waals surface area contributed by atoms with Gasteiger partial charge in [0.2, 0.25) is 0 Å². The van der Waals surface area contributed by atoms with Crippen molar-refractivity contribution in [2.45, 2.75) is 308 Å². The van der Waals surface area contributed by atoms with Crippen LogP contribution in [0.1, 0.15) is 169 Å². The van der Waals surface area contributed by atoms with Gasteiger partial charge in [-0.25, -0.2) is 8.42 Å². The summed E-state index contributed by atoms with van der Waals surface area (Å²) in [5.74, 6) is -1.02. The smallest absolute Gasteiger partial charge is 0.178 e. The zero-order valence-electron chi connectivity index (χ0n) is 57.0. The monoisotopic (exact) mass is 1350 g/mol. The fraction of sp³-hybridized carbons (Fsp3) is 0.800. The molecule has 0 saturated carbocycles. The molecule has 13 saturated heterocycles. The molecule has 0 aromatic heterocycles. The fourth-order valence-corrected chi connectivity index (χ4v) is 20.3. The van der Waals surface area contributed by atoms with E-state index in [1.54, 1.807) is 24.3 Å². The second kappa shape index (κ2) is 31.2. The predicted molar refractivity (Wildman–Crippen MR) is 356 cm³/mol. The Morgan fingerprint density at radius 1 is 0.621 bits per heavy atom. The van der Waals surface area contributed by atoms with E-state index >= 15 is 0 Å². The maximum atomic E-state index is 14.0. The number of hydrogen-bond acceptors (Lipinski definition) is 19. The maximum Gasteiger partial charge on any atom is 0.178 e. The predicted octanol–water partition coefficient (Wildman–Crippen LogP) is 8.93. The van der Waals surface area contributed by atoms with Crippen LogP contribution in [0.15, 0.2) is 83.8 Å². The second-order valence-electron chi connectivity index (χ2n) is 30.9. The molecule has 1 aromatic rings. The van der Waals surface area contributed by atoms with Gasteiger partial charge in [-0.1, -0.05) is 78.6 Å². The number of benzene rings is 1. The van der Waals surface area contributed by atoms with E-state index in [4.69, 9.17) is 62.9 Å². The van der Waals surface area contributed by atoms with Crippen molar-refractivity contribution in [1.82, 2.24) is 0 Å². The van der Waals surface area contributed by atoms with E-state index in [-0.39, 0.29) is 202 Å². The molecule has 1 spiro atoms. The molecule has 13 heterocycles. The van der Waals surface area contributed by atoms with Crippen molar-refractivity contribution in [1.29, 1.82) is 0 Å². The molecule has 0 radical (unpaired) electrons. The molecule has 12 bridgehead atoms. The summed E-state index contributed by atoms with van der Waals surface area (Å²) in [5, 5.41) is 40.9. The van der Waals surface area contributed by atoms with Crippen LogP contribution in [0.3, 0.4) is 0 Å². The van der Waals surface area contributed by atoms with E-state index in [1.165, 1.54) is 0 Å². The van der Waals surface area contributed by atoms with Gasteiger partial charge in [-0.3, -0.25) is 4.79 Å². The normalized spacial score (nSPS) is 44.1. The van der Waals surface area contributed by atoms with Gasteiger partial charge >= 0.3 is 0 Å². The number of Topliss-reactive ketones (excluding diaryl/α,β-unsaturated/α-hetero) is 1. The zero-order chi connectivity index (χ0) is 67.0. The first-order chi connectivity index (χ1) is 45.7. The third-order valence-electron chi connectivity index (χ3n) is 24.3. The lowest BCUT2D eigenvalue weighted by Crippen LogP contribution is -2.61. The van der Waals surface area contributed by atoms with Crippen LogP contribution >= 0.6 is 0 Å². The minimum absolute atomic E-state index is 0.0172. The van der Waals surface area contributed by atoms with Crippen molar-refractivity contribution >= 4 is 15.6 Å². The van der Waals surface area contributed by atoms with Crippen molar-refractivity contribution in [2.24, 2.45) is 47.2 Å². The summed E-state index contributed by atoms with van der Waals surface area (Å²) in [6.07, 6.45) is 11.4. The second-order valence-corrected chi connectivity index (χ2v) is 32.9. The number of ether oxygens (including phenoxy) is 11. The number of hydrogen-bond donors (Lipinski definition) is 5. The first kappa shape index (κ1) is 72.0. The Labute approximate surface area is 564 Å². The standard InChI is InChI=1S/C40H59NO11.C35H54O7S/c1-19-10-24-4-6-29-20(2)11-26(45-29)8-9-40-16-34-36(51-40)37-38(50-34)39(52-40)35-30(49-37)7-5-25(47-35)12-22(43)13-27-28(18-42)32(14-23(44)17-41)48-33(27)15-31(46-24)21(19)3;1-6-23(2)17-34-30(21-37)31(22-43(38,39)29-12-8-7-9-13-29)35(42-34)20-33-26(5)24(3)18-28(41-33)14-15-32-25(4)19-27(40-32)11-10-16-36/h19,23-39,42,44H,2-18,41H2,1H3;7-9,12-13,23-24,27-28,30-37H,4-6,10-11,14-22H2,1-3H3/t19-,23+,24?,25?,26+,27-,28-,29+,30+,31-,32-,33?,34?,35+,36?,37+,38-,39+,40+;23-,24-,27+,28?,30-,31-,32+,33-,34-,35?/m11/s1. The molecule has 0 amide bonds. The maximum absolute atomic E-state index is 14.0. The number of fused-ring (bicyclic) bond motifs is 6. The number of rotatable bonds is 19. The molecule has 95 heavy (non-hydrogen) atoms. The highest BCUT2D eigenvalue weighted by molar-refractivity contribution is 7.91. The van der Waals surface area contributed by atoms with Crippen molar-refractivity contribution in [3.63, 3.8) is 0 Å². The lowest BCUT2D eigenvalue weighted by molar-refractivity contribution is -0.292. The van der Waals surface area contributed by atoms with Crippen LogP contribution in [0.25, 0.3) is 0 Å². The van der Waals surface area contributed by atoms with Crippen LogP contribution in [-0.4, -0.2) is 201 Å². The summed E-state index contributed by atoms with van der Waals surface area (Å²) >= 11 is 0. The van der Waals surface area contributed by atoms with Crippen LogP contribution < -0.4 is 5.73 Å². The Morgan fingerprint density at radius 3 is 2.08 bits per heavy atom. The summed E-state index contributed by atoms with van der Waals surface area (Å²) in [6, 6.07) is 8.58. The van der Waals surface area contributed by atoms with Gasteiger partial charge in [0, 0.05) is 89.1 Å². The van der Waals surface area contributed by atoms with Crippen LogP contribution in [0.5, 0.6) is 0 Å². The topological polar surface area (TPSA) is 260 Å². The first-order valence-electron chi connectivity index (χ1n) is 36.6. The van der Waals surface area contributed by atoms with Crippen molar-refractivity contribution in [3.05, 3.63) is 78.9 Å². The van der Waals surface area contributed by atoms with Gasteiger partial charge < -0.3 is 78.3 Å². The van der Waals surface area contributed by atoms with Crippen LogP contribution in [-0.2, 0) is 66.7 Å². The quantitative estimate of drug-likeness (QED) is 0.0810. The van der Waals surface area contributed by atoms with E-state index < -0.39 is 27.8 Å². The molecule has 19 nitrogen and oxygen atoms in total. The Balaban J connectivity index is 0.000000186. The lowest BCUT2D eigenvalue weighted by Gasteiger charge is -2.47. The highest BCUT2D eigenvalue weighted by Crippen LogP contribution is 2.55. The number of aliphatic hydroxyl groups is 4. The fourth-order valence-electron chi connectivity index (χ4n) is 18.6. The van der Waals surface area contributed by atoms with Crippen molar-refractivity contribution < 1.29 is 85.7 Å². The molecule has 1 aromatic carbocycles. The SMILES string of the molecule is C=C1C[C@@H]2CC[C@@]34CC5O[C@H]6[C@@H](O3)[C@H]3OC(CC[C@@H]3O[C@H]6C5O4)CC(=O)C[C@H]3C(C[C@H]4OC(CC[C@@H]1O2)C[C@@H](C)C4=C)O[C@H](C[C@H](O)CN)[C@@H]3CO.C=C1C[C@H](CCCO)O[C@H]1CCC1C[C@@H](C)C(=C)[C@@H](CC2O[C@H](C[C@H](C)CC)[C@H](CO)[C@H]2CS(=O)(=O)c2ccccc2)O1. The van der Waals surface area contributed by atoms with E-state index in [1.807, 2.05) is 6.07 Å². The molecule has 29 atom stereocenters. The molecule has 532 valence electrons. The molecular weight excluding hydrogens is 1230 g/mol. The van der Waals surface area contributed by atoms with Gasteiger partial charge in [0.05, 0.1) is 108 Å². The van der Waals surface area contributed by atoms with Gasteiger partial charge in [-0.05, 0) is 148 Å². The van der Waals surface area contributed by atoms with Gasteiger partial charge in [0.25, 0.3) is 0 Å². The summed E-state index contributed by atoms with van der Waals surface area (Å²) < 4.78 is 100. The van der Waals surface area contributed by atoms with Crippen LogP contribution in [0.2, 0.25) is 0 Å². The summed E-state index contributed by atoms with van der Waals surface area (Å²) in [5.41, 5.74) is 10.1. The number of carbonyl (C=O) groups excluding carboxylic acids is 1. The van der Waals surface area contributed by atoms with Gasteiger partial charge in [0.15, 0.2) is 15.6 Å². The molecule has 14 rings (SSSR count). The lowest BCUT2D eigenvalue weighted by atomic mass is 9.78. The third-order valence-corrected chi connectivity index (χ3v) is 26.1. The molecule has 13 aliphatic rings. The summed E-state index contributed by atoms with van der Waals surface area (Å²) in [4.78, 5) is 14.3. The van der Waals surface area contributed by atoms with Crippen LogP contribution in [0, 0.1) is 41.4 Å². The van der Waals surface area contributed by atoms with Crippen LogP contribution in [0.4, 0.5) is 0 Å². The molecular formula is C75H113NO18S. The van der Waals surface area contributed by atoms with Gasteiger partial charge in [-0.2, -0.15) is 0 Å². The molecule has 6 N–H and O–H groups in total. The highest BCUT2D eigenvalue weighted by atomic mass is 32.2. The molecule has 0 aliphatic carbocycles. The third kappa shape index (κ3) is 16.1. The van der Waals surface area contributed by atoms with Gasteiger partial charge in [0.1, 0.15) is 36.3 Å². The Morgan fingerprint density at radius 2 is 1.33 bits per heavy atom. The minimum Gasteiger partial charge on any atom is -0.396 e. The Kier molecular flexibility index (Phi) is 23.6. The molecule has 13 fully saturated rings. The molecule has 20 heteroatoms. The highest BCUT2D eigenvalue weighted by Gasteiger charge is 2.69. The minimum atomic E-state index is -3.58. The average molecular weight is 1350 g/mol. The summed E-state index contributed by atoms with van der Waals surface area (Å²) in [7, 11) is -3.58. The van der Waals surface area contributed by atoms with E-state index in [0.29, 0.717) is 49.3 Å². The molecule has 7 unspecified atom stereocenters. The number of ketones is 1. The van der Waals surface area contributed by atoms with E-state index in [2.05, 4.69) is 54.0 Å². The Bertz CT molecular complexity index is 2920.